The number of hydrogen-bond donors (Lipinski definition) is 1. The first kappa shape index (κ1) is 15.0. The van der Waals surface area contributed by atoms with E-state index in [1.54, 1.807) is 0 Å². The highest BCUT2D eigenvalue weighted by Gasteiger charge is 2.02. The molecule has 0 saturated heterocycles. The maximum Gasteiger partial charge on any atom is 0.00416 e. The highest BCUT2D eigenvalue weighted by molar-refractivity contribution is 7.99. The Morgan fingerprint density at radius 3 is 2.47 bits per heavy atom. The molecule has 0 bridgehead atoms. The zero-order valence-electron chi connectivity index (χ0n) is 11.0. The summed E-state index contributed by atoms with van der Waals surface area (Å²) in [4.78, 5) is 0. The van der Waals surface area contributed by atoms with Gasteiger partial charge >= 0.3 is 0 Å². The van der Waals surface area contributed by atoms with Crippen LogP contribution in [0.1, 0.15) is 47.0 Å². The summed E-state index contributed by atoms with van der Waals surface area (Å²) in [7, 11) is 0. The second kappa shape index (κ2) is 9.29. The molecule has 0 amide bonds. The maximum atomic E-state index is 3.58. The molecule has 0 saturated carbocycles. The molecule has 2 unspecified atom stereocenters. The molecule has 0 aliphatic carbocycles. The number of thioether (sulfide) groups is 1. The Morgan fingerprint density at radius 2 is 1.93 bits per heavy atom. The van der Waals surface area contributed by atoms with Gasteiger partial charge in [-0.1, -0.05) is 18.6 Å². The molecule has 0 aliphatic heterocycles. The Bertz CT molecular complexity index is 173. The first-order valence-corrected chi connectivity index (χ1v) is 7.24. The highest BCUT2D eigenvalue weighted by Crippen LogP contribution is 2.08. The number of allylic oxidation sites excluding steroid dienone is 2. The third-order valence-electron chi connectivity index (χ3n) is 2.60. The third-order valence-corrected chi connectivity index (χ3v) is 3.64. The van der Waals surface area contributed by atoms with Gasteiger partial charge in [-0.2, -0.15) is 11.8 Å². The van der Waals surface area contributed by atoms with E-state index in [2.05, 4.69) is 45.3 Å². The zero-order valence-corrected chi connectivity index (χ0v) is 11.8. The molecule has 0 radical (unpaired) electrons. The molecule has 0 spiro atoms. The highest BCUT2D eigenvalue weighted by atomic mass is 32.2. The van der Waals surface area contributed by atoms with Gasteiger partial charge in [0.2, 0.25) is 0 Å². The largest absolute Gasteiger partial charge is 0.314 e. The monoisotopic (exact) mass is 229 g/mol. The zero-order chi connectivity index (χ0) is 11.7. The minimum absolute atomic E-state index is 0.648. The summed E-state index contributed by atoms with van der Waals surface area (Å²) >= 11 is 1.95. The molecule has 0 aliphatic rings. The molecule has 2 atom stereocenters. The van der Waals surface area contributed by atoms with Crippen LogP contribution in [-0.2, 0) is 0 Å². The van der Waals surface area contributed by atoms with Crippen molar-refractivity contribution in [2.45, 2.75) is 58.2 Å². The lowest BCUT2D eigenvalue weighted by Crippen LogP contribution is -2.28. The fraction of sp³-hybridized carbons (Fsp3) is 0.846. The lowest BCUT2D eigenvalue weighted by molar-refractivity contribution is 0.509. The van der Waals surface area contributed by atoms with Crippen molar-refractivity contribution in [3.8, 4) is 0 Å². The Hall–Kier alpha value is 0.0500. The normalized spacial score (nSPS) is 14.7. The lowest BCUT2D eigenvalue weighted by atomic mass is 10.1. The predicted octanol–water partition coefficient (Wildman–Crippen LogP) is 3.85. The lowest BCUT2D eigenvalue weighted by Gasteiger charge is -2.14. The van der Waals surface area contributed by atoms with Crippen LogP contribution in [0, 0.1) is 0 Å². The molecule has 0 rings (SSSR count). The van der Waals surface area contributed by atoms with Gasteiger partial charge in [-0.3, -0.25) is 0 Å². The van der Waals surface area contributed by atoms with Crippen molar-refractivity contribution in [1.82, 2.24) is 5.32 Å². The van der Waals surface area contributed by atoms with Crippen LogP contribution in [0.15, 0.2) is 11.6 Å². The summed E-state index contributed by atoms with van der Waals surface area (Å²) in [6, 6.07) is 0.648. The van der Waals surface area contributed by atoms with E-state index in [1.165, 1.54) is 24.8 Å². The molecule has 0 aromatic heterocycles. The Balaban J connectivity index is 3.41. The van der Waals surface area contributed by atoms with E-state index >= 15 is 0 Å². The average molecular weight is 229 g/mol. The van der Waals surface area contributed by atoms with Crippen molar-refractivity contribution in [2.24, 2.45) is 0 Å². The molecule has 0 aromatic rings. The summed E-state index contributed by atoms with van der Waals surface area (Å²) in [5, 5.41) is 4.36. The first-order chi connectivity index (χ1) is 7.06. The van der Waals surface area contributed by atoms with Crippen LogP contribution in [0.2, 0.25) is 0 Å². The van der Waals surface area contributed by atoms with Crippen LogP contribution in [0.5, 0.6) is 0 Å². The fourth-order valence-corrected chi connectivity index (χ4v) is 1.73. The molecule has 1 nitrogen and oxygen atoms in total. The summed E-state index contributed by atoms with van der Waals surface area (Å²) < 4.78 is 0. The molecule has 15 heavy (non-hydrogen) atoms. The van der Waals surface area contributed by atoms with Gasteiger partial charge in [-0.25, -0.2) is 0 Å². The molecule has 2 heteroatoms. The van der Waals surface area contributed by atoms with E-state index in [-0.39, 0.29) is 0 Å². The van der Waals surface area contributed by atoms with Crippen molar-refractivity contribution in [3.63, 3.8) is 0 Å². The van der Waals surface area contributed by atoms with Crippen molar-refractivity contribution >= 4 is 11.8 Å². The third kappa shape index (κ3) is 10.3. The van der Waals surface area contributed by atoms with E-state index < -0.39 is 0 Å². The van der Waals surface area contributed by atoms with Gasteiger partial charge in [-0.15, -0.1) is 0 Å². The minimum atomic E-state index is 0.648. The van der Waals surface area contributed by atoms with Gasteiger partial charge in [0.15, 0.2) is 0 Å². The minimum Gasteiger partial charge on any atom is -0.314 e. The summed E-state index contributed by atoms with van der Waals surface area (Å²) in [6.45, 7) is 10.1. The molecule has 90 valence electrons. The summed E-state index contributed by atoms with van der Waals surface area (Å²) in [6.07, 6.45) is 8.23. The van der Waals surface area contributed by atoms with Crippen LogP contribution >= 0.6 is 11.8 Å². The van der Waals surface area contributed by atoms with Crippen LogP contribution in [-0.4, -0.2) is 24.1 Å². The van der Waals surface area contributed by atoms with Gasteiger partial charge in [0.05, 0.1) is 0 Å². The van der Waals surface area contributed by atoms with Crippen LogP contribution < -0.4 is 5.32 Å². The van der Waals surface area contributed by atoms with Crippen molar-refractivity contribution in [2.75, 3.05) is 12.8 Å². The standard InChI is InChI=1S/C13H27NS/c1-11(2)7-6-8-12(3)14-10-9-13(4)15-5/h7,12-14H,6,8-10H2,1-5H3. The first-order valence-electron chi connectivity index (χ1n) is 5.95. The van der Waals surface area contributed by atoms with Gasteiger partial charge < -0.3 is 5.32 Å². The van der Waals surface area contributed by atoms with Crippen molar-refractivity contribution in [1.29, 1.82) is 0 Å². The Labute approximate surface area is 100 Å². The van der Waals surface area contributed by atoms with Crippen LogP contribution in [0.25, 0.3) is 0 Å². The second-order valence-corrected chi connectivity index (χ2v) is 5.83. The van der Waals surface area contributed by atoms with Crippen LogP contribution in [0.3, 0.4) is 0 Å². The average Bonchev–Trinajstić information content (AvgIpc) is 2.17. The van der Waals surface area contributed by atoms with E-state index in [1.807, 2.05) is 11.8 Å². The van der Waals surface area contributed by atoms with E-state index in [0.29, 0.717) is 6.04 Å². The fourth-order valence-electron chi connectivity index (χ4n) is 1.37. The van der Waals surface area contributed by atoms with Crippen LogP contribution in [0.4, 0.5) is 0 Å². The van der Waals surface area contributed by atoms with Gasteiger partial charge in [0, 0.05) is 11.3 Å². The summed E-state index contributed by atoms with van der Waals surface area (Å²) in [5.74, 6) is 0. The molecule has 0 fully saturated rings. The van der Waals surface area contributed by atoms with Gasteiger partial charge in [0.1, 0.15) is 0 Å². The quantitative estimate of drug-likeness (QED) is 0.634. The van der Waals surface area contributed by atoms with E-state index in [9.17, 15) is 0 Å². The number of hydrogen-bond acceptors (Lipinski definition) is 2. The topological polar surface area (TPSA) is 12.0 Å². The molecule has 0 heterocycles. The Kier molecular flexibility index (Phi) is 9.32. The maximum absolute atomic E-state index is 3.58. The molecule has 1 N–H and O–H groups in total. The molecule has 0 aromatic carbocycles. The number of rotatable bonds is 8. The van der Waals surface area contributed by atoms with E-state index in [4.69, 9.17) is 0 Å². The second-order valence-electron chi connectivity index (χ2n) is 4.55. The van der Waals surface area contributed by atoms with Crippen molar-refractivity contribution < 1.29 is 0 Å². The molecular weight excluding hydrogens is 202 g/mol. The van der Waals surface area contributed by atoms with E-state index in [0.717, 1.165) is 11.8 Å². The SMILES string of the molecule is CSC(C)CCNC(C)CCC=C(C)C. The Morgan fingerprint density at radius 1 is 1.27 bits per heavy atom. The number of nitrogens with one attached hydrogen (secondary N) is 1. The summed E-state index contributed by atoms with van der Waals surface area (Å²) in [5.41, 5.74) is 1.43. The van der Waals surface area contributed by atoms with Gasteiger partial charge in [0.25, 0.3) is 0 Å². The molecular formula is C13H27NS. The van der Waals surface area contributed by atoms with Gasteiger partial charge in [-0.05, 0) is 52.8 Å². The predicted molar refractivity (Wildman–Crippen MR) is 73.7 cm³/mol. The smallest absolute Gasteiger partial charge is 0.00416 e. The van der Waals surface area contributed by atoms with Crippen molar-refractivity contribution in [3.05, 3.63) is 11.6 Å².